The molecule has 1 fully saturated rings. The minimum atomic E-state index is -0.693. The Hall–Kier alpha value is -1.89. The molecule has 7 heteroatoms. The van der Waals surface area contributed by atoms with Crippen molar-refractivity contribution < 1.29 is 19.2 Å². The van der Waals surface area contributed by atoms with E-state index < -0.39 is 22.8 Å². The molecule has 0 bridgehead atoms. The largest absolute Gasteiger partial charge is 0.433 e. The molecule has 0 spiro atoms. The smallest absolute Gasteiger partial charge is 0.395 e. The summed E-state index contributed by atoms with van der Waals surface area (Å²) in [5, 5.41) is 19.8. The average Bonchev–Trinajstić information content (AvgIpc) is 2.77. The van der Waals surface area contributed by atoms with Crippen LogP contribution in [0.1, 0.15) is 23.4 Å². The molecule has 1 aromatic heterocycles. The van der Waals surface area contributed by atoms with E-state index in [4.69, 9.17) is 4.42 Å². The summed E-state index contributed by atoms with van der Waals surface area (Å²) in [4.78, 5) is 23.0. The van der Waals surface area contributed by atoms with Gasteiger partial charge in [0.2, 0.25) is 0 Å². The van der Waals surface area contributed by atoms with E-state index in [1.165, 1.54) is 11.0 Å². The molecule has 1 saturated heterocycles. The molecule has 7 nitrogen and oxygen atoms in total. The Bertz CT molecular complexity index is 442. The van der Waals surface area contributed by atoms with Crippen molar-refractivity contribution in [3.63, 3.8) is 0 Å². The third-order valence-electron chi connectivity index (χ3n) is 2.67. The van der Waals surface area contributed by atoms with Crippen molar-refractivity contribution in [2.75, 3.05) is 13.1 Å². The van der Waals surface area contributed by atoms with Crippen LogP contribution in [0.3, 0.4) is 0 Å². The molecular weight excluding hydrogens is 228 g/mol. The number of aliphatic hydroxyl groups excluding tert-OH is 1. The summed E-state index contributed by atoms with van der Waals surface area (Å²) in [6.45, 7) is 0.776. The van der Waals surface area contributed by atoms with Crippen LogP contribution < -0.4 is 0 Å². The first-order valence-electron chi connectivity index (χ1n) is 5.29. The van der Waals surface area contributed by atoms with E-state index >= 15 is 0 Å². The number of carbonyl (C=O) groups excluding carboxylic acids is 1. The van der Waals surface area contributed by atoms with Gasteiger partial charge in [-0.25, -0.2) is 0 Å². The topological polar surface area (TPSA) is 96.8 Å². The molecule has 0 radical (unpaired) electrons. The average molecular weight is 240 g/mol. The van der Waals surface area contributed by atoms with Crippen molar-refractivity contribution in [2.24, 2.45) is 0 Å². The van der Waals surface area contributed by atoms with Crippen LogP contribution in [0.5, 0.6) is 0 Å². The fraction of sp³-hybridized carbons (Fsp3) is 0.500. The maximum atomic E-state index is 11.9. The second kappa shape index (κ2) is 4.54. The van der Waals surface area contributed by atoms with E-state index in [-0.39, 0.29) is 12.3 Å². The summed E-state index contributed by atoms with van der Waals surface area (Å²) in [6.07, 6.45) is 0.857. The Morgan fingerprint density at radius 2 is 2.35 bits per heavy atom. The molecule has 1 atom stereocenters. The molecule has 0 aromatic carbocycles. The molecule has 92 valence electrons. The van der Waals surface area contributed by atoms with Gasteiger partial charge in [-0.05, 0) is 18.9 Å². The van der Waals surface area contributed by atoms with Crippen molar-refractivity contribution in [3.05, 3.63) is 28.0 Å². The SMILES string of the molecule is O=C(c1ccc([N+](=O)[O-])o1)N1CCC[C@H](O)C1. The van der Waals surface area contributed by atoms with E-state index in [9.17, 15) is 20.0 Å². The highest BCUT2D eigenvalue weighted by Gasteiger charge is 2.26. The molecule has 0 saturated carbocycles. The van der Waals surface area contributed by atoms with Crippen molar-refractivity contribution in [2.45, 2.75) is 18.9 Å². The van der Waals surface area contributed by atoms with Gasteiger partial charge in [0.15, 0.2) is 5.76 Å². The lowest BCUT2D eigenvalue weighted by atomic mass is 10.1. The Labute approximate surface area is 96.8 Å². The zero-order chi connectivity index (χ0) is 12.4. The lowest BCUT2D eigenvalue weighted by Gasteiger charge is -2.29. The van der Waals surface area contributed by atoms with Crippen LogP contribution in [-0.2, 0) is 0 Å². The number of β-amino-alcohol motifs (C(OH)–C–C–N with tert-alkyl or cyclic N) is 1. The molecule has 1 aliphatic heterocycles. The Morgan fingerprint density at radius 3 is 2.94 bits per heavy atom. The predicted molar refractivity (Wildman–Crippen MR) is 56.5 cm³/mol. The van der Waals surface area contributed by atoms with E-state index in [0.717, 1.165) is 12.5 Å². The number of nitrogens with zero attached hydrogens (tertiary/aromatic N) is 2. The number of carbonyl (C=O) groups is 1. The van der Waals surface area contributed by atoms with Crippen molar-refractivity contribution in [1.29, 1.82) is 0 Å². The van der Waals surface area contributed by atoms with Crippen molar-refractivity contribution in [3.8, 4) is 0 Å². The number of likely N-dealkylation sites (tertiary alicyclic amines) is 1. The van der Waals surface area contributed by atoms with Gasteiger partial charge in [0.05, 0.1) is 12.2 Å². The minimum absolute atomic E-state index is 0.0641. The predicted octanol–water partition coefficient (Wildman–Crippen LogP) is 0.785. The van der Waals surface area contributed by atoms with Gasteiger partial charge in [0.1, 0.15) is 4.92 Å². The molecule has 0 unspecified atom stereocenters. The van der Waals surface area contributed by atoms with Crippen LogP contribution >= 0.6 is 0 Å². The summed E-state index contributed by atoms with van der Waals surface area (Å²) < 4.78 is 4.82. The fourth-order valence-electron chi connectivity index (χ4n) is 1.84. The van der Waals surface area contributed by atoms with Crippen LogP contribution in [0.4, 0.5) is 5.88 Å². The normalized spacial score (nSPS) is 20.3. The lowest BCUT2D eigenvalue weighted by Crippen LogP contribution is -2.42. The number of piperidine rings is 1. The third-order valence-corrected chi connectivity index (χ3v) is 2.67. The summed E-state index contributed by atoms with van der Waals surface area (Å²) in [5.41, 5.74) is 0. The maximum Gasteiger partial charge on any atom is 0.433 e. The number of hydrogen-bond acceptors (Lipinski definition) is 5. The van der Waals surface area contributed by atoms with Gasteiger partial charge in [-0.3, -0.25) is 14.9 Å². The second-order valence-corrected chi connectivity index (χ2v) is 3.94. The maximum absolute atomic E-state index is 11.9. The number of rotatable bonds is 2. The van der Waals surface area contributed by atoms with Crippen LogP contribution in [0.25, 0.3) is 0 Å². The Morgan fingerprint density at radius 1 is 1.59 bits per heavy atom. The van der Waals surface area contributed by atoms with Crippen LogP contribution in [-0.4, -0.2) is 40.0 Å². The summed E-state index contributed by atoms with van der Waals surface area (Å²) in [7, 11) is 0. The molecular formula is C10H12N2O5. The molecule has 2 rings (SSSR count). The van der Waals surface area contributed by atoms with E-state index in [2.05, 4.69) is 0 Å². The Kier molecular flexibility index (Phi) is 3.10. The van der Waals surface area contributed by atoms with E-state index in [1.807, 2.05) is 0 Å². The molecule has 1 aliphatic rings. The van der Waals surface area contributed by atoms with Gasteiger partial charge in [0.25, 0.3) is 5.91 Å². The third kappa shape index (κ3) is 2.44. The van der Waals surface area contributed by atoms with Crippen LogP contribution in [0.2, 0.25) is 0 Å². The molecule has 2 heterocycles. The first-order valence-corrected chi connectivity index (χ1v) is 5.29. The standard InChI is InChI=1S/C10H12N2O5/c13-7-2-1-5-11(6-7)10(14)8-3-4-9(17-8)12(15)16/h3-4,7,13H,1-2,5-6H2/t7-/m0/s1. The summed E-state index contributed by atoms with van der Waals surface area (Å²) in [5.74, 6) is -0.937. The number of hydrogen-bond donors (Lipinski definition) is 1. The zero-order valence-electron chi connectivity index (χ0n) is 9.04. The van der Waals surface area contributed by atoms with Gasteiger partial charge in [-0.1, -0.05) is 0 Å². The lowest BCUT2D eigenvalue weighted by molar-refractivity contribution is -0.402. The van der Waals surface area contributed by atoms with Crippen LogP contribution in [0.15, 0.2) is 16.5 Å². The second-order valence-electron chi connectivity index (χ2n) is 3.94. The number of furan rings is 1. The van der Waals surface area contributed by atoms with Gasteiger partial charge in [-0.15, -0.1) is 0 Å². The van der Waals surface area contributed by atoms with E-state index in [0.29, 0.717) is 13.0 Å². The molecule has 1 N–H and O–H groups in total. The minimum Gasteiger partial charge on any atom is -0.395 e. The molecule has 17 heavy (non-hydrogen) atoms. The van der Waals surface area contributed by atoms with Gasteiger partial charge in [0, 0.05) is 13.1 Å². The Balaban J connectivity index is 2.10. The van der Waals surface area contributed by atoms with Crippen LogP contribution in [0, 0.1) is 10.1 Å². The van der Waals surface area contributed by atoms with Gasteiger partial charge < -0.3 is 14.4 Å². The monoisotopic (exact) mass is 240 g/mol. The van der Waals surface area contributed by atoms with Crippen molar-refractivity contribution in [1.82, 2.24) is 4.90 Å². The number of nitro groups is 1. The summed E-state index contributed by atoms with van der Waals surface area (Å²) >= 11 is 0. The quantitative estimate of drug-likeness (QED) is 0.608. The number of aliphatic hydroxyl groups is 1. The summed E-state index contributed by atoms with van der Waals surface area (Å²) in [6, 6.07) is 2.43. The highest BCUT2D eigenvalue weighted by atomic mass is 16.6. The zero-order valence-corrected chi connectivity index (χ0v) is 9.04. The van der Waals surface area contributed by atoms with Gasteiger partial charge >= 0.3 is 5.88 Å². The fourth-order valence-corrected chi connectivity index (χ4v) is 1.84. The first-order chi connectivity index (χ1) is 8.08. The highest BCUT2D eigenvalue weighted by molar-refractivity contribution is 5.91. The number of amides is 1. The molecule has 1 amide bonds. The van der Waals surface area contributed by atoms with Crippen molar-refractivity contribution >= 4 is 11.8 Å². The van der Waals surface area contributed by atoms with Gasteiger partial charge in [-0.2, -0.15) is 0 Å². The molecule has 0 aliphatic carbocycles. The van der Waals surface area contributed by atoms with E-state index in [1.54, 1.807) is 0 Å². The first kappa shape index (κ1) is 11.6. The molecule has 1 aromatic rings. The highest BCUT2D eigenvalue weighted by Crippen LogP contribution is 2.19.